The van der Waals surface area contributed by atoms with E-state index in [9.17, 15) is 4.79 Å². The number of carbonyl (C=O) groups is 1. The molecule has 0 bridgehead atoms. The van der Waals surface area contributed by atoms with Crippen LogP contribution in [0.1, 0.15) is 40.5 Å². The van der Waals surface area contributed by atoms with E-state index in [1.54, 1.807) is 6.07 Å². The van der Waals surface area contributed by atoms with Gasteiger partial charge in [-0.1, -0.05) is 24.3 Å². The number of carbonyl (C=O) groups excluding carboxylic acids is 1. The molecule has 0 radical (unpaired) electrons. The van der Waals surface area contributed by atoms with Crippen LogP contribution >= 0.6 is 0 Å². The summed E-state index contributed by atoms with van der Waals surface area (Å²) in [5, 5.41) is 3.06. The fourth-order valence-electron chi connectivity index (χ4n) is 2.71. The third-order valence-corrected chi connectivity index (χ3v) is 3.76. The van der Waals surface area contributed by atoms with Crippen molar-refractivity contribution in [1.29, 1.82) is 0 Å². The van der Waals surface area contributed by atoms with Gasteiger partial charge in [0, 0.05) is 6.07 Å². The standard InChI is InChI=1S/C16H17N3O2/c1-21-15-9-14(17-10-18-15)16(20)19-13-8-4-6-11-5-2-3-7-12(11)13/h2-3,5,7,9-10,13H,4,6,8H2,1H3,(H,19,20). The molecule has 1 atom stereocenters. The van der Waals surface area contributed by atoms with Crippen molar-refractivity contribution in [1.82, 2.24) is 15.3 Å². The van der Waals surface area contributed by atoms with Crippen molar-refractivity contribution in [2.45, 2.75) is 25.3 Å². The molecule has 1 aromatic heterocycles. The predicted octanol–water partition coefficient (Wildman–Crippen LogP) is 2.29. The van der Waals surface area contributed by atoms with E-state index in [0.29, 0.717) is 11.6 Å². The minimum atomic E-state index is -0.197. The van der Waals surface area contributed by atoms with Crippen LogP contribution in [0.25, 0.3) is 0 Å². The second kappa shape index (κ2) is 5.91. The summed E-state index contributed by atoms with van der Waals surface area (Å²) in [6, 6.07) is 9.85. The van der Waals surface area contributed by atoms with Gasteiger partial charge in [0.05, 0.1) is 13.2 Å². The Labute approximate surface area is 123 Å². The highest BCUT2D eigenvalue weighted by molar-refractivity contribution is 5.92. The molecule has 3 rings (SSSR count). The lowest BCUT2D eigenvalue weighted by atomic mass is 9.87. The molecule has 1 heterocycles. The number of aromatic nitrogens is 2. The molecule has 1 aromatic carbocycles. The second-order valence-electron chi connectivity index (χ2n) is 5.06. The van der Waals surface area contributed by atoms with Crippen LogP contribution < -0.4 is 10.1 Å². The molecule has 108 valence electrons. The average Bonchev–Trinajstić information content (AvgIpc) is 2.55. The Morgan fingerprint density at radius 2 is 2.19 bits per heavy atom. The molecule has 5 nitrogen and oxygen atoms in total. The number of aryl methyl sites for hydroxylation is 1. The Bertz CT molecular complexity index is 657. The van der Waals surface area contributed by atoms with Gasteiger partial charge in [-0.15, -0.1) is 0 Å². The number of amides is 1. The zero-order valence-corrected chi connectivity index (χ0v) is 11.9. The SMILES string of the molecule is COc1cc(C(=O)NC2CCCc3ccccc32)ncn1. The lowest BCUT2D eigenvalue weighted by Crippen LogP contribution is -2.31. The Morgan fingerprint density at radius 1 is 1.33 bits per heavy atom. The van der Waals surface area contributed by atoms with Gasteiger partial charge in [-0.05, 0) is 30.4 Å². The number of hydrogen-bond acceptors (Lipinski definition) is 4. The first-order valence-electron chi connectivity index (χ1n) is 7.02. The number of hydrogen-bond donors (Lipinski definition) is 1. The average molecular weight is 283 g/mol. The molecule has 1 aliphatic rings. The minimum absolute atomic E-state index is 0.0448. The molecular weight excluding hydrogens is 266 g/mol. The van der Waals surface area contributed by atoms with Crippen molar-refractivity contribution in [3.05, 3.63) is 53.5 Å². The van der Waals surface area contributed by atoms with E-state index in [1.807, 2.05) is 12.1 Å². The van der Waals surface area contributed by atoms with Gasteiger partial charge < -0.3 is 10.1 Å². The minimum Gasteiger partial charge on any atom is -0.481 e. The van der Waals surface area contributed by atoms with Gasteiger partial charge in [-0.2, -0.15) is 0 Å². The third-order valence-electron chi connectivity index (χ3n) is 3.76. The molecule has 0 saturated carbocycles. The molecule has 2 aromatic rings. The summed E-state index contributed by atoms with van der Waals surface area (Å²) < 4.78 is 5.02. The van der Waals surface area contributed by atoms with Crippen LogP contribution in [0.2, 0.25) is 0 Å². The first-order chi connectivity index (χ1) is 10.3. The summed E-state index contributed by atoms with van der Waals surface area (Å²) in [5.74, 6) is 0.191. The molecule has 1 amide bonds. The fourth-order valence-corrected chi connectivity index (χ4v) is 2.71. The smallest absolute Gasteiger partial charge is 0.270 e. The Morgan fingerprint density at radius 3 is 3.05 bits per heavy atom. The number of ether oxygens (including phenoxy) is 1. The number of benzene rings is 1. The lowest BCUT2D eigenvalue weighted by molar-refractivity contribution is 0.0927. The molecule has 0 aliphatic heterocycles. The summed E-state index contributed by atoms with van der Waals surface area (Å²) in [6.07, 6.45) is 4.44. The van der Waals surface area contributed by atoms with Crippen molar-refractivity contribution >= 4 is 5.91 Å². The topological polar surface area (TPSA) is 64.1 Å². The van der Waals surface area contributed by atoms with E-state index in [2.05, 4.69) is 27.4 Å². The van der Waals surface area contributed by atoms with E-state index in [-0.39, 0.29) is 11.9 Å². The number of nitrogens with one attached hydrogen (secondary N) is 1. The van der Waals surface area contributed by atoms with Crippen molar-refractivity contribution in [2.24, 2.45) is 0 Å². The molecule has 1 aliphatic carbocycles. The fraction of sp³-hybridized carbons (Fsp3) is 0.312. The Hall–Kier alpha value is -2.43. The van der Waals surface area contributed by atoms with Gasteiger partial charge in [0.2, 0.25) is 5.88 Å². The highest BCUT2D eigenvalue weighted by Crippen LogP contribution is 2.29. The predicted molar refractivity (Wildman–Crippen MR) is 78.2 cm³/mol. The number of methoxy groups -OCH3 is 1. The summed E-state index contributed by atoms with van der Waals surface area (Å²) in [5.41, 5.74) is 2.84. The first kappa shape index (κ1) is 13.5. The van der Waals surface area contributed by atoms with E-state index < -0.39 is 0 Å². The number of nitrogens with zero attached hydrogens (tertiary/aromatic N) is 2. The highest BCUT2D eigenvalue weighted by Gasteiger charge is 2.22. The Kier molecular flexibility index (Phi) is 3.81. The molecule has 1 N–H and O–H groups in total. The van der Waals surface area contributed by atoms with E-state index >= 15 is 0 Å². The first-order valence-corrected chi connectivity index (χ1v) is 7.02. The summed E-state index contributed by atoms with van der Waals surface area (Å²) >= 11 is 0. The van der Waals surface area contributed by atoms with Gasteiger partial charge in [0.15, 0.2) is 0 Å². The van der Waals surface area contributed by atoms with Gasteiger partial charge in [-0.25, -0.2) is 9.97 Å². The largest absolute Gasteiger partial charge is 0.481 e. The molecule has 5 heteroatoms. The highest BCUT2D eigenvalue weighted by atomic mass is 16.5. The monoisotopic (exact) mass is 283 g/mol. The molecule has 0 spiro atoms. The summed E-state index contributed by atoms with van der Waals surface area (Å²) in [6.45, 7) is 0. The van der Waals surface area contributed by atoms with E-state index in [4.69, 9.17) is 4.74 Å². The maximum absolute atomic E-state index is 12.3. The number of rotatable bonds is 3. The molecule has 0 saturated heterocycles. The third kappa shape index (κ3) is 2.86. The molecule has 1 unspecified atom stereocenters. The molecular formula is C16H17N3O2. The van der Waals surface area contributed by atoms with Crippen LogP contribution in [0.5, 0.6) is 5.88 Å². The van der Waals surface area contributed by atoms with Crippen LogP contribution in [0.15, 0.2) is 36.7 Å². The van der Waals surface area contributed by atoms with Crippen LogP contribution in [0.3, 0.4) is 0 Å². The molecule has 0 fully saturated rings. The quantitative estimate of drug-likeness (QED) is 0.938. The second-order valence-corrected chi connectivity index (χ2v) is 5.06. The van der Waals surface area contributed by atoms with Crippen LogP contribution in [-0.2, 0) is 6.42 Å². The van der Waals surface area contributed by atoms with Crippen molar-refractivity contribution in [3.63, 3.8) is 0 Å². The van der Waals surface area contributed by atoms with Gasteiger partial charge in [0.1, 0.15) is 12.0 Å². The van der Waals surface area contributed by atoms with E-state index in [1.165, 1.54) is 24.6 Å². The number of fused-ring (bicyclic) bond motifs is 1. The summed E-state index contributed by atoms with van der Waals surface area (Å²) in [7, 11) is 1.52. The summed E-state index contributed by atoms with van der Waals surface area (Å²) in [4.78, 5) is 20.2. The van der Waals surface area contributed by atoms with Gasteiger partial charge in [0.25, 0.3) is 5.91 Å². The Balaban J connectivity index is 1.79. The zero-order chi connectivity index (χ0) is 14.7. The van der Waals surface area contributed by atoms with Crippen molar-refractivity contribution in [3.8, 4) is 5.88 Å². The maximum Gasteiger partial charge on any atom is 0.270 e. The van der Waals surface area contributed by atoms with Crippen molar-refractivity contribution in [2.75, 3.05) is 7.11 Å². The van der Waals surface area contributed by atoms with Crippen molar-refractivity contribution < 1.29 is 9.53 Å². The zero-order valence-electron chi connectivity index (χ0n) is 11.9. The molecule has 21 heavy (non-hydrogen) atoms. The van der Waals surface area contributed by atoms with E-state index in [0.717, 1.165) is 19.3 Å². The normalized spacial score (nSPS) is 16.9. The van der Waals surface area contributed by atoms with Crippen LogP contribution in [0.4, 0.5) is 0 Å². The van der Waals surface area contributed by atoms with Crippen LogP contribution in [-0.4, -0.2) is 23.0 Å². The maximum atomic E-state index is 12.3. The van der Waals surface area contributed by atoms with Crippen LogP contribution in [0, 0.1) is 0 Å². The lowest BCUT2D eigenvalue weighted by Gasteiger charge is -2.26. The van der Waals surface area contributed by atoms with Gasteiger partial charge >= 0.3 is 0 Å². The van der Waals surface area contributed by atoms with Gasteiger partial charge in [-0.3, -0.25) is 4.79 Å².